The zero-order chi connectivity index (χ0) is 25.9. The number of rotatable bonds is 6. The summed E-state index contributed by atoms with van der Waals surface area (Å²) in [5.41, 5.74) is 4.97. The third-order valence-electron chi connectivity index (χ3n) is 7.35. The molecule has 1 saturated heterocycles. The predicted octanol–water partition coefficient (Wildman–Crippen LogP) is 4.78. The first-order chi connectivity index (χ1) is 18.0. The summed E-state index contributed by atoms with van der Waals surface area (Å²) >= 11 is 0. The van der Waals surface area contributed by atoms with E-state index in [0.29, 0.717) is 25.3 Å². The molecule has 3 aromatic carbocycles. The average molecular weight is 496 g/mol. The molecule has 1 amide bonds. The number of carbonyl (C=O) groups excluding carboxylic acids is 1. The monoisotopic (exact) mass is 495 g/mol. The molecule has 190 valence electrons. The molecule has 0 N–H and O–H groups in total. The number of pyridine rings is 1. The maximum absolute atomic E-state index is 13.8. The summed E-state index contributed by atoms with van der Waals surface area (Å²) in [6.45, 7) is 7.35. The fourth-order valence-electron chi connectivity index (χ4n) is 5.39. The average Bonchev–Trinajstić information content (AvgIpc) is 2.91. The number of amides is 1. The molecule has 6 heteroatoms. The number of ether oxygens (including phenoxy) is 1. The number of aryl methyl sites for hydroxylation is 2. The van der Waals surface area contributed by atoms with Crippen molar-refractivity contribution >= 4 is 22.4 Å². The smallest absolute Gasteiger partial charge is 0.259 e. The molecule has 0 bridgehead atoms. The summed E-state index contributed by atoms with van der Waals surface area (Å²) in [7, 11) is 1.60. The van der Waals surface area contributed by atoms with E-state index >= 15 is 0 Å². The van der Waals surface area contributed by atoms with Crippen LogP contribution >= 0.6 is 0 Å². The van der Waals surface area contributed by atoms with Crippen LogP contribution in [-0.2, 0) is 17.9 Å². The Bertz CT molecular complexity index is 1490. The van der Waals surface area contributed by atoms with Gasteiger partial charge < -0.3 is 19.1 Å². The number of piperazine rings is 1. The first-order valence-electron chi connectivity index (χ1n) is 12.8. The van der Waals surface area contributed by atoms with E-state index in [0.717, 1.165) is 35.1 Å². The van der Waals surface area contributed by atoms with Crippen molar-refractivity contribution in [3.63, 3.8) is 0 Å². The van der Waals surface area contributed by atoms with Crippen molar-refractivity contribution in [2.24, 2.45) is 0 Å². The van der Waals surface area contributed by atoms with Gasteiger partial charge in [-0.3, -0.25) is 9.59 Å². The molecule has 5 rings (SSSR count). The molecule has 0 spiro atoms. The van der Waals surface area contributed by atoms with Gasteiger partial charge in [0.2, 0.25) is 0 Å². The Labute approximate surface area is 217 Å². The van der Waals surface area contributed by atoms with Gasteiger partial charge in [0, 0.05) is 57.3 Å². The highest BCUT2D eigenvalue weighted by molar-refractivity contribution is 5.95. The molecular weight excluding hydrogens is 462 g/mol. The Balaban J connectivity index is 1.47. The first kappa shape index (κ1) is 24.8. The predicted molar refractivity (Wildman–Crippen MR) is 148 cm³/mol. The number of hydrogen-bond acceptors (Lipinski definition) is 4. The summed E-state index contributed by atoms with van der Waals surface area (Å²) < 4.78 is 7.59. The minimum absolute atomic E-state index is 0.186. The zero-order valence-corrected chi connectivity index (χ0v) is 21.7. The minimum atomic E-state index is -0.245. The molecule has 1 fully saturated rings. The van der Waals surface area contributed by atoms with E-state index in [1.807, 2.05) is 42.2 Å². The molecule has 1 aliphatic heterocycles. The second-order valence-corrected chi connectivity index (χ2v) is 9.69. The van der Waals surface area contributed by atoms with Crippen molar-refractivity contribution in [3.8, 4) is 0 Å². The van der Waals surface area contributed by atoms with Gasteiger partial charge in [0.25, 0.3) is 5.91 Å². The van der Waals surface area contributed by atoms with E-state index in [9.17, 15) is 9.59 Å². The van der Waals surface area contributed by atoms with Gasteiger partial charge in [-0.05, 0) is 41.8 Å². The highest BCUT2D eigenvalue weighted by Crippen LogP contribution is 2.24. The quantitative estimate of drug-likeness (QED) is 0.387. The van der Waals surface area contributed by atoms with Crippen molar-refractivity contribution in [1.82, 2.24) is 9.47 Å². The zero-order valence-electron chi connectivity index (χ0n) is 21.7. The van der Waals surface area contributed by atoms with Gasteiger partial charge in [-0.15, -0.1) is 0 Å². The van der Waals surface area contributed by atoms with Crippen LogP contribution < -0.4 is 10.3 Å². The third-order valence-corrected chi connectivity index (χ3v) is 7.35. The number of fused-ring (bicyclic) bond motifs is 1. The second-order valence-electron chi connectivity index (χ2n) is 9.69. The van der Waals surface area contributed by atoms with Gasteiger partial charge in [0.15, 0.2) is 5.43 Å². The second kappa shape index (κ2) is 10.6. The molecule has 2 heterocycles. The standard InChI is InChI=1S/C31H33N3O3/c1-22-9-4-7-14-27(22)32-15-17-33(18-16-32)31(36)30-28(21-37-3)34(23(2)19-29(30)35)20-25-12-8-11-24-10-5-6-13-26(24)25/h4-14,19H,15-18,20-21H2,1-3H3. The van der Waals surface area contributed by atoms with E-state index in [4.69, 9.17) is 4.74 Å². The Morgan fingerprint density at radius 1 is 0.892 bits per heavy atom. The molecule has 37 heavy (non-hydrogen) atoms. The molecule has 1 aliphatic rings. The van der Waals surface area contributed by atoms with E-state index in [1.165, 1.54) is 11.3 Å². The Morgan fingerprint density at radius 2 is 1.59 bits per heavy atom. The number of aromatic nitrogens is 1. The lowest BCUT2D eigenvalue weighted by molar-refractivity contribution is 0.0738. The SMILES string of the molecule is COCc1c(C(=O)N2CCN(c3ccccc3C)CC2)c(=O)cc(C)n1Cc1cccc2ccccc12. The van der Waals surface area contributed by atoms with Crippen molar-refractivity contribution in [1.29, 1.82) is 0 Å². The Morgan fingerprint density at radius 3 is 2.35 bits per heavy atom. The number of carbonyl (C=O) groups is 1. The number of hydrogen-bond donors (Lipinski definition) is 0. The summed E-state index contributed by atoms with van der Waals surface area (Å²) in [5.74, 6) is -0.215. The van der Waals surface area contributed by atoms with Crippen molar-refractivity contribution in [2.45, 2.75) is 27.0 Å². The van der Waals surface area contributed by atoms with Crippen LogP contribution in [0.2, 0.25) is 0 Å². The summed E-state index contributed by atoms with van der Waals surface area (Å²) in [6, 6.07) is 24.4. The molecule has 4 aromatic rings. The normalized spacial score (nSPS) is 13.8. The van der Waals surface area contributed by atoms with E-state index < -0.39 is 0 Å². The fourth-order valence-corrected chi connectivity index (χ4v) is 5.39. The molecule has 0 atom stereocenters. The minimum Gasteiger partial charge on any atom is -0.378 e. The van der Waals surface area contributed by atoms with Crippen molar-refractivity contribution in [3.05, 3.63) is 111 Å². The number of nitrogens with zero attached hydrogens (tertiary/aromatic N) is 3. The van der Waals surface area contributed by atoms with Crippen molar-refractivity contribution in [2.75, 3.05) is 38.2 Å². The summed E-state index contributed by atoms with van der Waals surface area (Å²) in [5, 5.41) is 2.32. The number of benzene rings is 3. The van der Waals surface area contributed by atoms with E-state index in [1.54, 1.807) is 13.2 Å². The van der Waals surface area contributed by atoms with Crippen LogP contribution in [0.1, 0.15) is 32.9 Å². The number of anilines is 1. The Hall–Kier alpha value is -3.90. The Kier molecular flexibility index (Phi) is 7.10. The maximum Gasteiger partial charge on any atom is 0.259 e. The van der Waals surface area contributed by atoms with Crippen LogP contribution in [0.25, 0.3) is 10.8 Å². The van der Waals surface area contributed by atoms with Gasteiger partial charge in [-0.1, -0.05) is 60.7 Å². The van der Waals surface area contributed by atoms with Crippen LogP contribution in [0.3, 0.4) is 0 Å². The topological polar surface area (TPSA) is 54.8 Å². The van der Waals surface area contributed by atoms with Crippen molar-refractivity contribution < 1.29 is 9.53 Å². The van der Waals surface area contributed by atoms with E-state index in [-0.39, 0.29) is 23.5 Å². The molecule has 0 radical (unpaired) electrons. The van der Waals surface area contributed by atoms with Crippen LogP contribution in [0.4, 0.5) is 5.69 Å². The molecule has 0 aliphatic carbocycles. The largest absolute Gasteiger partial charge is 0.378 e. The van der Waals surface area contributed by atoms with Gasteiger partial charge >= 0.3 is 0 Å². The lowest BCUT2D eigenvalue weighted by atomic mass is 10.0. The van der Waals surface area contributed by atoms with Gasteiger partial charge in [-0.2, -0.15) is 0 Å². The van der Waals surface area contributed by atoms with E-state index in [2.05, 4.69) is 52.8 Å². The summed E-state index contributed by atoms with van der Waals surface area (Å²) in [4.78, 5) is 31.2. The van der Waals surface area contributed by atoms with Crippen LogP contribution in [0.5, 0.6) is 0 Å². The molecular formula is C31H33N3O3. The lowest BCUT2D eigenvalue weighted by Gasteiger charge is -2.37. The molecule has 1 aromatic heterocycles. The number of methoxy groups -OCH3 is 1. The highest BCUT2D eigenvalue weighted by atomic mass is 16.5. The number of para-hydroxylation sites is 1. The highest BCUT2D eigenvalue weighted by Gasteiger charge is 2.28. The fraction of sp³-hybridized carbons (Fsp3) is 0.290. The first-order valence-corrected chi connectivity index (χ1v) is 12.8. The third kappa shape index (κ3) is 4.89. The van der Waals surface area contributed by atoms with Crippen LogP contribution in [-0.4, -0.2) is 48.7 Å². The van der Waals surface area contributed by atoms with Gasteiger partial charge in [0.05, 0.1) is 12.3 Å². The summed E-state index contributed by atoms with van der Waals surface area (Å²) in [6.07, 6.45) is 0. The van der Waals surface area contributed by atoms with Gasteiger partial charge in [-0.25, -0.2) is 0 Å². The molecule has 6 nitrogen and oxygen atoms in total. The van der Waals surface area contributed by atoms with Gasteiger partial charge in [0.1, 0.15) is 5.56 Å². The molecule has 0 saturated carbocycles. The maximum atomic E-state index is 13.8. The van der Waals surface area contributed by atoms with Crippen LogP contribution in [0, 0.1) is 13.8 Å². The lowest BCUT2D eigenvalue weighted by Crippen LogP contribution is -2.50. The molecule has 0 unspecified atom stereocenters. The van der Waals surface area contributed by atoms with Crippen LogP contribution in [0.15, 0.2) is 77.6 Å².